The highest BCUT2D eigenvalue weighted by atomic mass is 16.7. The number of hydrogen-bond acceptors (Lipinski definition) is 3. The Balaban J connectivity index is 3.00. The Kier molecular flexibility index (Phi) is 3.12. The summed E-state index contributed by atoms with van der Waals surface area (Å²) >= 11 is 0. The molecule has 0 fully saturated rings. The van der Waals surface area contributed by atoms with Gasteiger partial charge in [-0.1, -0.05) is 6.07 Å². The van der Waals surface area contributed by atoms with Gasteiger partial charge in [0.25, 0.3) is 0 Å². The first-order valence-corrected chi connectivity index (χ1v) is 4.39. The summed E-state index contributed by atoms with van der Waals surface area (Å²) in [5.41, 5.74) is 3.28. The Hall–Kier alpha value is -1.51. The van der Waals surface area contributed by atoms with Crippen molar-refractivity contribution in [2.45, 2.75) is 20.8 Å². The summed E-state index contributed by atoms with van der Waals surface area (Å²) in [5.74, 6) is 0.556. The number of benzene rings is 1. The van der Waals surface area contributed by atoms with Crippen LogP contribution in [0.2, 0.25) is 0 Å². The second kappa shape index (κ2) is 4.13. The third-order valence-electron chi connectivity index (χ3n) is 2.37. The smallest absolute Gasteiger partial charge is 0.437 e. The molecule has 0 aliphatic carbocycles. The lowest BCUT2D eigenvalue weighted by molar-refractivity contribution is 0.121. The molecule has 0 unspecified atom stereocenters. The first-order valence-electron chi connectivity index (χ1n) is 4.39. The van der Waals surface area contributed by atoms with Gasteiger partial charge in [0, 0.05) is 0 Å². The van der Waals surface area contributed by atoms with Crippen molar-refractivity contribution in [3.05, 3.63) is 28.8 Å². The Morgan fingerprint density at radius 1 is 1.14 bits per heavy atom. The molecular formula is C11H14O3. The fourth-order valence-electron chi connectivity index (χ4n) is 1.17. The molecule has 3 nitrogen and oxygen atoms in total. The minimum Gasteiger partial charge on any atom is -0.437 e. The highest BCUT2D eigenvalue weighted by molar-refractivity contribution is 5.64. The molecule has 0 atom stereocenters. The first-order chi connectivity index (χ1) is 6.56. The summed E-state index contributed by atoms with van der Waals surface area (Å²) in [6.45, 7) is 5.93. The van der Waals surface area contributed by atoms with Crippen LogP contribution in [-0.2, 0) is 4.74 Å². The third-order valence-corrected chi connectivity index (χ3v) is 2.37. The van der Waals surface area contributed by atoms with Gasteiger partial charge in [-0.3, -0.25) is 0 Å². The van der Waals surface area contributed by atoms with Gasteiger partial charge in [-0.25, -0.2) is 4.79 Å². The van der Waals surface area contributed by atoms with Crippen molar-refractivity contribution in [2.24, 2.45) is 0 Å². The Morgan fingerprint density at radius 3 is 2.36 bits per heavy atom. The van der Waals surface area contributed by atoms with Crippen LogP contribution in [-0.4, -0.2) is 13.3 Å². The number of hydrogen-bond donors (Lipinski definition) is 0. The largest absolute Gasteiger partial charge is 0.513 e. The monoisotopic (exact) mass is 194 g/mol. The van der Waals surface area contributed by atoms with E-state index >= 15 is 0 Å². The van der Waals surface area contributed by atoms with Gasteiger partial charge < -0.3 is 9.47 Å². The maximum atomic E-state index is 10.9. The van der Waals surface area contributed by atoms with Gasteiger partial charge in [0.2, 0.25) is 0 Å². The lowest BCUT2D eigenvalue weighted by atomic mass is 10.0. The Bertz CT molecular complexity index is 356. The molecule has 0 saturated heterocycles. The first kappa shape index (κ1) is 10.6. The average Bonchev–Trinajstić information content (AvgIpc) is 2.19. The average molecular weight is 194 g/mol. The minimum absolute atomic E-state index is 0.556. The van der Waals surface area contributed by atoms with E-state index in [-0.39, 0.29) is 0 Å². The van der Waals surface area contributed by atoms with Crippen molar-refractivity contribution in [3.63, 3.8) is 0 Å². The van der Waals surface area contributed by atoms with Gasteiger partial charge in [-0.15, -0.1) is 0 Å². The molecule has 0 saturated carbocycles. The van der Waals surface area contributed by atoms with E-state index in [1.807, 2.05) is 26.8 Å². The van der Waals surface area contributed by atoms with Crippen molar-refractivity contribution < 1.29 is 14.3 Å². The lowest BCUT2D eigenvalue weighted by Gasteiger charge is -2.10. The second-order valence-electron chi connectivity index (χ2n) is 3.19. The fourth-order valence-corrected chi connectivity index (χ4v) is 1.17. The van der Waals surface area contributed by atoms with Crippen molar-refractivity contribution in [3.8, 4) is 5.75 Å². The maximum absolute atomic E-state index is 10.9. The number of methoxy groups -OCH3 is 1. The van der Waals surface area contributed by atoms with Gasteiger partial charge in [0.05, 0.1) is 7.11 Å². The summed E-state index contributed by atoms with van der Waals surface area (Å²) in [5, 5.41) is 0. The van der Waals surface area contributed by atoms with Crippen molar-refractivity contribution in [1.29, 1.82) is 0 Å². The molecule has 0 N–H and O–H groups in total. The molecule has 0 amide bonds. The minimum atomic E-state index is -0.684. The van der Waals surface area contributed by atoms with Crippen LogP contribution >= 0.6 is 0 Å². The molecule has 0 aliphatic heterocycles. The zero-order valence-corrected chi connectivity index (χ0v) is 8.88. The van der Waals surface area contributed by atoms with E-state index in [4.69, 9.17) is 4.74 Å². The van der Waals surface area contributed by atoms with Crippen LogP contribution in [0.25, 0.3) is 0 Å². The lowest BCUT2D eigenvalue weighted by Crippen LogP contribution is -2.08. The molecule has 3 heteroatoms. The van der Waals surface area contributed by atoms with E-state index in [1.54, 1.807) is 6.07 Å². The topological polar surface area (TPSA) is 35.5 Å². The van der Waals surface area contributed by atoms with Gasteiger partial charge in [0.15, 0.2) is 0 Å². The van der Waals surface area contributed by atoms with Gasteiger partial charge >= 0.3 is 6.16 Å². The zero-order valence-electron chi connectivity index (χ0n) is 8.88. The highest BCUT2D eigenvalue weighted by Gasteiger charge is 2.08. The Labute approximate surface area is 83.6 Å². The van der Waals surface area contributed by atoms with Crippen LogP contribution in [0.15, 0.2) is 12.1 Å². The molecule has 0 aliphatic rings. The van der Waals surface area contributed by atoms with E-state index in [0.717, 1.165) is 11.1 Å². The predicted octanol–water partition coefficient (Wildman–Crippen LogP) is 2.76. The Morgan fingerprint density at radius 2 is 1.79 bits per heavy atom. The van der Waals surface area contributed by atoms with Crippen molar-refractivity contribution in [2.75, 3.05) is 7.11 Å². The summed E-state index contributed by atoms with van der Waals surface area (Å²) in [6.07, 6.45) is -0.684. The summed E-state index contributed by atoms with van der Waals surface area (Å²) in [7, 11) is 1.29. The molecule has 1 aromatic carbocycles. The van der Waals surface area contributed by atoms with Crippen LogP contribution in [0.3, 0.4) is 0 Å². The van der Waals surface area contributed by atoms with Crippen LogP contribution in [0.1, 0.15) is 16.7 Å². The summed E-state index contributed by atoms with van der Waals surface area (Å²) in [4.78, 5) is 10.9. The van der Waals surface area contributed by atoms with Crippen LogP contribution in [0.5, 0.6) is 5.75 Å². The van der Waals surface area contributed by atoms with E-state index in [9.17, 15) is 4.79 Å². The third kappa shape index (κ3) is 2.05. The van der Waals surface area contributed by atoms with Crippen molar-refractivity contribution >= 4 is 6.16 Å². The number of carbonyl (C=O) groups is 1. The molecule has 1 aromatic rings. The standard InChI is InChI=1S/C11H14O3/c1-7-5-6-10(9(3)8(7)2)14-11(12)13-4/h5-6H,1-4H3. The molecule has 0 heterocycles. The number of ether oxygens (including phenoxy) is 2. The molecular weight excluding hydrogens is 180 g/mol. The van der Waals surface area contributed by atoms with E-state index < -0.39 is 6.16 Å². The maximum Gasteiger partial charge on any atom is 0.513 e. The molecule has 0 bridgehead atoms. The van der Waals surface area contributed by atoms with Crippen LogP contribution in [0, 0.1) is 20.8 Å². The summed E-state index contributed by atoms with van der Waals surface area (Å²) < 4.78 is 9.39. The van der Waals surface area contributed by atoms with Gasteiger partial charge in [0.1, 0.15) is 5.75 Å². The normalized spacial score (nSPS) is 9.71. The molecule has 76 valence electrons. The molecule has 0 aromatic heterocycles. The van der Waals surface area contributed by atoms with E-state index in [0.29, 0.717) is 5.75 Å². The molecule has 14 heavy (non-hydrogen) atoms. The quantitative estimate of drug-likeness (QED) is 0.509. The fraction of sp³-hybridized carbons (Fsp3) is 0.364. The number of carbonyl (C=O) groups excluding carboxylic acids is 1. The second-order valence-corrected chi connectivity index (χ2v) is 3.19. The molecule has 1 rings (SSSR count). The van der Waals surface area contributed by atoms with Crippen LogP contribution in [0.4, 0.5) is 4.79 Å². The van der Waals surface area contributed by atoms with E-state index in [2.05, 4.69) is 4.74 Å². The molecule has 0 radical (unpaired) electrons. The predicted molar refractivity (Wildman–Crippen MR) is 53.7 cm³/mol. The number of aryl methyl sites for hydroxylation is 1. The van der Waals surface area contributed by atoms with Gasteiger partial charge in [-0.2, -0.15) is 0 Å². The van der Waals surface area contributed by atoms with E-state index in [1.165, 1.54) is 12.7 Å². The van der Waals surface area contributed by atoms with Gasteiger partial charge in [-0.05, 0) is 43.5 Å². The molecule has 0 spiro atoms. The summed E-state index contributed by atoms with van der Waals surface area (Å²) in [6, 6.07) is 3.69. The highest BCUT2D eigenvalue weighted by Crippen LogP contribution is 2.23. The SMILES string of the molecule is COC(=O)Oc1ccc(C)c(C)c1C. The zero-order chi connectivity index (χ0) is 10.7. The number of rotatable bonds is 1. The van der Waals surface area contributed by atoms with Crippen molar-refractivity contribution in [1.82, 2.24) is 0 Å². The van der Waals surface area contributed by atoms with Crippen LogP contribution < -0.4 is 4.74 Å².